The minimum Gasteiger partial charge on any atom is -0.497 e. The SMILES string of the molecule is COc1ccc(F)c(CNC(C)S)c1. The van der Waals surface area contributed by atoms with E-state index in [0.717, 1.165) is 0 Å². The number of hydrogen-bond acceptors (Lipinski definition) is 3. The Morgan fingerprint density at radius 1 is 1.57 bits per heavy atom. The molecule has 2 nitrogen and oxygen atoms in total. The molecule has 0 amide bonds. The molecule has 4 heteroatoms. The molecule has 14 heavy (non-hydrogen) atoms. The van der Waals surface area contributed by atoms with Crippen LogP contribution in [0.1, 0.15) is 12.5 Å². The summed E-state index contributed by atoms with van der Waals surface area (Å²) in [4.78, 5) is 0. The number of halogens is 1. The quantitative estimate of drug-likeness (QED) is 0.593. The zero-order valence-corrected chi connectivity index (χ0v) is 9.14. The van der Waals surface area contributed by atoms with Crippen LogP contribution < -0.4 is 10.1 Å². The third kappa shape index (κ3) is 3.20. The number of hydrogen-bond donors (Lipinski definition) is 2. The molecular weight excluding hydrogens is 201 g/mol. The van der Waals surface area contributed by atoms with Gasteiger partial charge in [-0.05, 0) is 25.1 Å². The van der Waals surface area contributed by atoms with E-state index in [4.69, 9.17) is 4.74 Å². The van der Waals surface area contributed by atoms with Crippen LogP contribution in [0, 0.1) is 5.82 Å². The smallest absolute Gasteiger partial charge is 0.127 e. The van der Waals surface area contributed by atoms with Crippen LogP contribution >= 0.6 is 12.6 Å². The van der Waals surface area contributed by atoms with E-state index >= 15 is 0 Å². The molecule has 0 aliphatic carbocycles. The first-order chi connectivity index (χ1) is 6.63. The predicted octanol–water partition coefficient (Wildman–Crippen LogP) is 2.20. The lowest BCUT2D eigenvalue weighted by molar-refractivity contribution is 0.412. The van der Waals surface area contributed by atoms with Crippen LogP contribution in [0.5, 0.6) is 5.75 Å². The van der Waals surface area contributed by atoms with Crippen molar-refractivity contribution in [3.63, 3.8) is 0 Å². The highest BCUT2D eigenvalue weighted by Gasteiger charge is 2.04. The van der Waals surface area contributed by atoms with Gasteiger partial charge in [0.15, 0.2) is 0 Å². The highest BCUT2D eigenvalue weighted by atomic mass is 32.1. The van der Waals surface area contributed by atoms with Crippen molar-refractivity contribution in [1.82, 2.24) is 5.32 Å². The summed E-state index contributed by atoms with van der Waals surface area (Å²) >= 11 is 4.15. The number of ether oxygens (including phenoxy) is 1. The van der Waals surface area contributed by atoms with Gasteiger partial charge in [-0.1, -0.05) is 0 Å². The fourth-order valence-electron chi connectivity index (χ4n) is 1.07. The van der Waals surface area contributed by atoms with Gasteiger partial charge in [0.05, 0.1) is 7.11 Å². The molecule has 1 atom stereocenters. The van der Waals surface area contributed by atoms with Gasteiger partial charge in [0.25, 0.3) is 0 Å². The van der Waals surface area contributed by atoms with Crippen LogP contribution in [-0.2, 0) is 6.54 Å². The first kappa shape index (κ1) is 11.3. The topological polar surface area (TPSA) is 21.3 Å². The van der Waals surface area contributed by atoms with E-state index in [9.17, 15) is 4.39 Å². The summed E-state index contributed by atoms with van der Waals surface area (Å²) in [5.41, 5.74) is 0.588. The average Bonchev–Trinajstić information content (AvgIpc) is 2.16. The second kappa shape index (κ2) is 5.22. The van der Waals surface area contributed by atoms with Crippen LogP contribution in [0.2, 0.25) is 0 Å². The maximum Gasteiger partial charge on any atom is 0.127 e. The van der Waals surface area contributed by atoms with E-state index in [1.54, 1.807) is 19.2 Å². The molecule has 1 aromatic rings. The molecule has 0 heterocycles. The standard InChI is InChI=1S/C10H14FNOS/c1-7(14)12-6-8-5-9(13-2)3-4-10(8)11/h3-5,7,12,14H,6H2,1-2H3. The van der Waals surface area contributed by atoms with Crippen molar-refractivity contribution in [3.8, 4) is 5.75 Å². The van der Waals surface area contributed by atoms with Gasteiger partial charge in [-0.3, -0.25) is 0 Å². The van der Waals surface area contributed by atoms with E-state index in [1.807, 2.05) is 6.92 Å². The third-order valence-electron chi connectivity index (χ3n) is 1.84. The maximum atomic E-state index is 13.2. The molecule has 0 aliphatic rings. The summed E-state index contributed by atoms with van der Waals surface area (Å²) in [6, 6.07) is 4.68. The monoisotopic (exact) mass is 215 g/mol. The first-order valence-corrected chi connectivity index (χ1v) is 4.89. The summed E-state index contributed by atoms with van der Waals surface area (Å²) in [6.07, 6.45) is 0. The lowest BCUT2D eigenvalue weighted by atomic mass is 10.2. The van der Waals surface area contributed by atoms with Gasteiger partial charge in [-0.25, -0.2) is 4.39 Å². The summed E-state index contributed by atoms with van der Waals surface area (Å²) in [5, 5.41) is 3.06. The molecule has 0 aromatic heterocycles. The van der Waals surface area contributed by atoms with Gasteiger partial charge < -0.3 is 10.1 Å². The van der Waals surface area contributed by atoms with Gasteiger partial charge in [-0.2, -0.15) is 12.6 Å². The van der Waals surface area contributed by atoms with Crippen molar-refractivity contribution >= 4 is 12.6 Å². The minimum absolute atomic E-state index is 0.0422. The molecule has 1 N–H and O–H groups in total. The number of benzene rings is 1. The largest absolute Gasteiger partial charge is 0.497 e. The molecule has 0 saturated carbocycles. The Morgan fingerprint density at radius 3 is 2.86 bits per heavy atom. The van der Waals surface area contributed by atoms with Gasteiger partial charge in [0, 0.05) is 17.5 Å². The molecule has 0 saturated heterocycles. The Hall–Kier alpha value is -0.740. The molecule has 0 bridgehead atoms. The van der Waals surface area contributed by atoms with Crippen molar-refractivity contribution in [1.29, 1.82) is 0 Å². The number of thiol groups is 1. The maximum absolute atomic E-state index is 13.2. The summed E-state index contributed by atoms with van der Waals surface area (Å²) < 4.78 is 18.2. The second-order valence-corrected chi connectivity index (χ2v) is 3.79. The van der Waals surface area contributed by atoms with E-state index in [0.29, 0.717) is 17.9 Å². The molecule has 0 aliphatic heterocycles. The lowest BCUT2D eigenvalue weighted by Crippen LogP contribution is -2.20. The number of methoxy groups -OCH3 is 1. The van der Waals surface area contributed by atoms with Crippen molar-refractivity contribution in [2.24, 2.45) is 0 Å². The van der Waals surface area contributed by atoms with Gasteiger partial charge in [-0.15, -0.1) is 0 Å². The van der Waals surface area contributed by atoms with E-state index < -0.39 is 0 Å². The molecule has 1 aromatic carbocycles. The Morgan fingerprint density at radius 2 is 2.29 bits per heavy atom. The zero-order valence-electron chi connectivity index (χ0n) is 8.25. The number of nitrogens with one attached hydrogen (secondary N) is 1. The highest BCUT2D eigenvalue weighted by Crippen LogP contribution is 2.16. The van der Waals surface area contributed by atoms with Crippen LogP contribution in [0.3, 0.4) is 0 Å². The second-order valence-electron chi connectivity index (χ2n) is 3.01. The van der Waals surface area contributed by atoms with Gasteiger partial charge >= 0.3 is 0 Å². The van der Waals surface area contributed by atoms with Crippen LogP contribution in [-0.4, -0.2) is 12.5 Å². The highest BCUT2D eigenvalue weighted by molar-refractivity contribution is 7.80. The van der Waals surface area contributed by atoms with Crippen LogP contribution in [0.4, 0.5) is 4.39 Å². The van der Waals surface area contributed by atoms with Crippen LogP contribution in [0.25, 0.3) is 0 Å². The minimum atomic E-state index is -0.229. The molecule has 0 fully saturated rings. The Balaban J connectivity index is 2.73. The van der Waals surface area contributed by atoms with Crippen molar-refractivity contribution in [2.45, 2.75) is 18.8 Å². The van der Waals surface area contributed by atoms with E-state index in [-0.39, 0.29) is 11.2 Å². The normalized spacial score (nSPS) is 12.6. The van der Waals surface area contributed by atoms with Crippen molar-refractivity contribution in [2.75, 3.05) is 7.11 Å². The fraction of sp³-hybridized carbons (Fsp3) is 0.400. The zero-order chi connectivity index (χ0) is 10.6. The average molecular weight is 215 g/mol. The van der Waals surface area contributed by atoms with Crippen molar-refractivity contribution < 1.29 is 9.13 Å². The van der Waals surface area contributed by atoms with E-state index in [1.165, 1.54) is 6.07 Å². The summed E-state index contributed by atoms with van der Waals surface area (Å²) in [5.74, 6) is 0.433. The van der Waals surface area contributed by atoms with E-state index in [2.05, 4.69) is 17.9 Å². The predicted molar refractivity (Wildman–Crippen MR) is 58.2 cm³/mol. The van der Waals surface area contributed by atoms with Gasteiger partial charge in [0.2, 0.25) is 0 Å². The Kier molecular flexibility index (Phi) is 4.22. The number of rotatable bonds is 4. The molecule has 1 rings (SSSR count). The molecule has 1 unspecified atom stereocenters. The summed E-state index contributed by atoms with van der Waals surface area (Å²) in [7, 11) is 1.56. The lowest BCUT2D eigenvalue weighted by Gasteiger charge is -2.09. The Labute approximate surface area is 88.9 Å². The van der Waals surface area contributed by atoms with Gasteiger partial charge in [0.1, 0.15) is 11.6 Å². The third-order valence-corrected chi connectivity index (χ3v) is 2.02. The molecule has 0 spiro atoms. The first-order valence-electron chi connectivity index (χ1n) is 4.37. The Bertz CT molecular complexity index is 304. The summed E-state index contributed by atoms with van der Waals surface area (Å²) in [6.45, 7) is 2.34. The van der Waals surface area contributed by atoms with Crippen LogP contribution in [0.15, 0.2) is 18.2 Å². The fourth-order valence-corrected chi connectivity index (χ4v) is 1.16. The molecule has 78 valence electrons. The molecule has 0 radical (unpaired) electrons. The molecular formula is C10H14FNOS. The van der Waals surface area contributed by atoms with Crippen molar-refractivity contribution in [3.05, 3.63) is 29.6 Å².